The molecule has 0 fully saturated rings. The Labute approximate surface area is 94.3 Å². The number of hydrogen-bond acceptors (Lipinski definition) is 4. The molecule has 5 nitrogen and oxygen atoms in total. The normalized spacial score (nSPS) is 11.9. The Morgan fingerprint density at radius 1 is 1.38 bits per heavy atom. The second kappa shape index (κ2) is 5.37. The van der Waals surface area contributed by atoms with Gasteiger partial charge in [0.15, 0.2) is 0 Å². The maximum Gasteiger partial charge on any atom is 0.219 e. The van der Waals surface area contributed by atoms with E-state index < -0.39 is 11.9 Å². The molecule has 16 heavy (non-hydrogen) atoms. The van der Waals surface area contributed by atoms with Gasteiger partial charge >= 0.3 is 0 Å². The highest BCUT2D eigenvalue weighted by atomic mass is 16.5. The van der Waals surface area contributed by atoms with Crippen molar-refractivity contribution in [2.24, 2.45) is 11.5 Å². The molecular formula is C11H16N2O3. The topological polar surface area (TPSA) is 87.6 Å². The van der Waals surface area contributed by atoms with Gasteiger partial charge in [0.05, 0.1) is 14.2 Å². The number of ether oxygens (including phenoxy) is 2. The minimum absolute atomic E-state index is 0.0860. The zero-order chi connectivity index (χ0) is 12.1. The highest BCUT2D eigenvalue weighted by Gasteiger charge is 2.14. The first-order chi connectivity index (χ1) is 7.58. The fraction of sp³-hybridized carbons (Fsp3) is 0.364. The van der Waals surface area contributed by atoms with Gasteiger partial charge in [-0.25, -0.2) is 0 Å². The second-order valence-corrected chi connectivity index (χ2v) is 3.38. The molecular weight excluding hydrogens is 208 g/mol. The Balaban J connectivity index is 2.98. The Bertz CT molecular complexity index is 379. The third-order valence-corrected chi connectivity index (χ3v) is 2.26. The van der Waals surface area contributed by atoms with Gasteiger partial charge in [-0.05, 0) is 6.07 Å². The molecule has 5 heteroatoms. The molecule has 1 rings (SSSR count). The molecule has 0 unspecified atom stereocenters. The zero-order valence-corrected chi connectivity index (χ0v) is 9.40. The third-order valence-electron chi connectivity index (χ3n) is 2.26. The SMILES string of the molecule is COc1ccc([C@H](N)CC(N)=O)c(OC)c1. The van der Waals surface area contributed by atoms with Crippen molar-refractivity contribution in [1.82, 2.24) is 0 Å². The van der Waals surface area contributed by atoms with Crippen LogP contribution in [0, 0.1) is 0 Å². The van der Waals surface area contributed by atoms with Crippen LogP contribution < -0.4 is 20.9 Å². The van der Waals surface area contributed by atoms with Crippen LogP contribution in [0.25, 0.3) is 0 Å². The summed E-state index contributed by atoms with van der Waals surface area (Å²) in [5, 5.41) is 0. The highest BCUT2D eigenvalue weighted by Crippen LogP contribution is 2.29. The molecule has 0 aliphatic heterocycles. The van der Waals surface area contributed by atoms with E-state index in [2.05, 4.69) is 0 Å². The molecule has 0 aliphatic rings. The predicted octanol–water partition coefficient (Wildman–Crippen LogP) is 0.579. The van der Waals surface area contributed by atoms with E-state index in [-0.39, 0.29) is 6.42 Å². The smallest absolute Gasteiger partial charge is 0.219 e. The van der Waals surface area contributed by atoms with Crippen LogP contribution in [0.1, 0.15) is 18.0 Å². The fourth-order valence-electron chi connectivity index (χ4n) is 1.45. The van der Waals surface area contributed by atoms with Crippen molar-refractivity contribution in [2.75, 3.05) is 14.2 Å². The van der Waals surface area contributed by atoms with E-state index in [1.54, 1.807) is 25.3 Å². The van der Waals surface area contributed by atoms with Crippen molar-refractivity contribution < 1.29 is 14.3 Å². The van der Waals surface area contributed by atoms with Crippen molar-refractivity contribution in [3.05, 3.63) is 23.8 Å². The largest absolute Gasteiger partial charge is 0.497 e. The maximum absolute atomic E-state index is 10.8. The summed E-state index contributed by atoms with van der Waals surface area (Å²) in [6, 6.07) is 4.79. The number of nitrogens with two attached hydrogens (primary N) is 2. The van der Waals surface area contributed by atoms with E-state index in [4.69, 9.17) is 20.9 Å². The van der Waals surface area contributed by atoms with Gasteiger partial charge in [-0.15, -0.1) is 0 Å². The number of methoxy groups -OCH3 is 2. The lowest BCUT2D eigenvalue weighted by Crippen LogP contribution is -2.21. The van der Waals surface area contributed by atoms with Crippen LogP contribution in [0.2, 0.25) is 0 Å². The highest BCUT2D eigenvalue weighted by molar-refractivity contribution is 5.74. The van der Waals surface area contributed by atoms with Crippen LogP contribution in [-0.2, 0) is 4.79 Å². The minimum atomic E-state index is -0.460. The lowest BCUT2D eigenvalue weighted by molar-refractivity contribution is -0.118. The number of hydrogen-bond donors (Lipinski definition) is 2. The Morgan fingerprint density at radius 3 is 2.56 bits per heavy atom. The number of primary amides is 1. The Morgan fingerprint density at radius 2 is 2.06 bits per heavy atom. The van der Waals surface area contributed by atoms with E-state index in [1.165, 1.54) is 7.11 Å². The van der Waals surface area contributed by atoms with E-state index >= 15 is 0 Å². The van der Waals surface area contributed by atoms with Gasteiger partial charge < -0.3 is 20.9 Å². The molecule has 0 aromatic heterocycles. The summed E-state index contributed by atoms with van der Waals surface area (Å²) in [4.78, 5) is 10.8. The van der Waals surface area contributed by atoms with Crippen molar-refractivity contribution in [2.45, 2.75) is 12.5 Å². The zero-order valence-electron chi connectivity index (χ0n) is 9.40. The monoisotopic (exact) mass is 224 g/mol. The van der Waals surface area contributed by atoms with Gasteiger partial charge in [-0.3, -0.25) is 4.79 Å². The molecule has 1 atom stereocenters. The molecule has 88 valence electrons. The summed E-state index contributed by atoms with van der Waals surface area (Å²) in [5.41, 5.74) is 11.7. The number of amides is 1. The van der Waals surface area contributed by atoms with Crippen LogP contribution in [0.5, 0.6) is 11.5 Å². The number of carbonyl (C=O) groups is 1. The molecule has 4 N–H and O–H groups in total. The van der Waals surface area contributed by atoms with Crippen molar-refractivity contribution in [1.29, 1.82) is 0 Å². The van der Waals surface area contributed by atoms with Gasteiger partial charge in [-0.1, -0.05) is 6.07 Å². The number of benzene rings is 1. The van der Waals surface area contributed by atoms with Crippen molar-refractivity contribution in [3.8, 4) is 11.5 Å². The lowest BCUT2D eigenvalue weighted by Gasteiger charge is -2.15. The van der Waals surface area contributed by atoms with Gasteiger partial charge in [0.25, 0.3) is 0 Å². The van der Waals surface area contributed by atoms with E-state index in [1.807, 2.05) is 0 Å². The molecule has 0 saturated carbocycles. The average molecular weight is 224 g/mol. The Kier molecular flexibility index (Phi) is 4.13. The first-order valence-electron chi connectivity index (χ1n) is 4.84. The second-order valence-electron chi connectivity index (χ2n) is 3.38. The van der Waals surface area contributed by atoms with Gasteiger partial charge in [0.2, 0.25) is 5.91 Å². The van der Waals surface area contributed by atoms with Crippen molar-refractivity contribution >= 4 is 5.91 Å². The molecule has 0 saturated heterocycles. The van der Waals surface area contributed by atoms with Crippen LogP contribution in [0.4, 0.5) is 0 Å². The molecule has 1 aromatic rings. The van der Waals surface area contributed by atoms with Crippen LogP contribution >= 0.6 is 0 Å². The first-order valence-corrected chi connectivity index (χ1v) is 4.84. The third kappa shape index (κ3) is 2.87. The van der Waals surface area contributed by atoms with E-state index in [0.717, 1.165) is 5.56 Å². The minimum Gasteiger partial charge on any atom is -0.497 e. The van der Waals surface area contributed by atoms with Gasteiger partial charge in [-0.2, -0.15) is 0 Å². The Hall–Kier alpha value is -1.75. The average Bonchev–Trinajstić information content (AvgIpc) is 2.27. The van der Waals surface area contributed by atoms with E-state index in [9.17, 15) is 4.79 Å². The quantitative estimate of drug-likeness (QED) is 0.765. The molecule has 1 amide bonds. The van der Waals surface area contributed by atoms with Crippen LogP contribution in [0.3, 0.4) is 0 Å². The molecule has 0 aliphatic carbocycles. The number of carbonyl (C=O) groups excluding carboxylic acids is 1. The van der Waals surface area contributed by atoms with Gasteiger partial charge in [0.1, 0.15) is 11.5 Å². The van der Waals surface area contributed by atoms with Crippen molar-refractivity contribution in [3.63, 3.8) is 0 Å². The number of rotatable bonds is 5. The summed E-state index contributed by atoms with van der Waals surface area (Å²) >= 11 is 0. The summed E-state index contributed by atoms with van der Waals surface area (Å²) in [7, 11) is 3.10. The molecule has 1 aromatic carbocycles. The summed E-state index contributed by atoms with van der Waals surface area (Å²) < 4.78 is 10.2. The lowest BCUT2D eigenvalue weighted by atomic mass is 10.0. The van der Waals surface area contributed by atoms with Crippen LogP contribution in [-0.4, -0.2) is 20.1 Å². The maximum atomic E-state index is 10.8. The summed E-state index contributed by atoms with van der Waals surface area (Å²) in [6.45, 7) is 0. The summed E-state index contributed by atoms with van der Waals surface area (Å²) in [5.74, 6) is 0.824. The van der Waals surface area contributed by atoms with Crippen LogP contribution in [0.15, 0.2) is 18.2 Å². The summed E-state index contributed by atoms with van der Waals surface area (Å²) in [6.07, 6.45) is 0.0860. The van der Waals surface area contributed by atoms with Gasteiger partial charge in [0, 0.05) is 24.1 Å². The standard InChI is InChI=1S/C11H16N2O3/c1-15-7-3-4-8(10(5-7)16-2)9(12)6-11(13)14/h3-5,9H,6,12H2,1-2H3,(H2,13,14)/t9-/m1/s1. The molecule has 0 radical (unpaired) electrons. The predicted molar refractivity (Wildman–Crippen MR) is 60.3 cm³/mol. The van der Waals surface area contributed by atoms with E-state index in [0.29, 0.717) is 11.5 Å². The molecule has 0 bridgehead atoms. The molecule has 0 spiro atoms. The molecule has 0 heterocycles. The first kappa shape index (κ1) is 12.3. The fourth-order valence-corrected chi connectivity index (χ4v) is 1.45.